The Bertz CT molecular complexity index is 1010. The number of nitrogens with one attached hydrogen (secondary N) is 2. The van der Waals surface area contributed by atoms with E-state index in [9.17, 15) is 18.0 Å². The van der Waals surface area contributed by atoms with E-state index in [4.69, 9.17) is 4.74 Å². The van der Waals surface area contributed by atoms with Crippen molar-refractivity contribution >= 4 is 21.9 Å². The monoisotopic (exact) mass is 418 g/mol. The summed E-state index contributed by atoms with van der Waals surface area (Å²) in [4.78, 5) is 23.9. The maximum absolute atomic E-state index is 12.6. The van der Waals surface area contributed by atoms with Gasteiger partial charge in [0.05, 0.1) is 19.8 Å². The van der Waals surface area contributed by atoms with Crippen molar-refractivity contribution in [1.82, 2.24) is 10.0 Å². The number of hydrogen-bond acceptors (Lipinski definition) is 6. The first-order chi connectivity index (χ1) is 13.8. The topological polar surface area (TPSA) is 111 Å². The Hall–Kier alpha value is -2.91. The number of carbonyl (C=O) groups is 2. The third kappa shape index (κ3) is 5.12. The van der Waals surface area contributed by atoms with E-state index in [2.05, 4.69) is 14.8 Å². The molecule has 29 heavy (non-hydrogen) atoms. The summed E-state index contributed by atoms with van der Waals surface area (Å²) in [5.41, 5.74) is 1.40. The molecule has 0 unspecified atom stereocenters. The second-order valence-corrected chi connectivity index (χ2v) is 8.31. The van der Waals surface area contributed by atoms with Crippen LogP contribution in [-0.4, -0.2) is 40.6 Å². The average Bonchev–Trinajstić information content (AvgIpc) is 3.54. The maximum Gasteiger partial charge on any atom is 0.337 e. The summed E-state index contributed by atoms with van der Waals surface area (Å²) >= 11 is 0. The molecule has 1 saturated carbocycles. The largest absolute Gasteiger partial charge is 0.495 e. The van der Waals surface area contributed by atoms with Crippen LogP contribution in [0.4, 0.5) is 0 Å². The number of methoxy groups -OCH3 is 2. The highest BCUT2D eigenvalue weighted by molar-refractivity contribution is 7.89. The van der Waals surface area contributed by atoms with Crippen molar-refractivity contribution in [2.75, 3.05) is 14.2 Å². The molecule has 1 aliphatic rings. The Kier molecular flexibility index (Phi) is 6.19. The molecule has 2 aromatic carbocycles. The number of carbonyl (C=O) groups excluding carboxylic acids is 2. The van der Waals surface area contributed by atoms with Gasteiger partial charge in [0.25, 0.3) is 5.91 Å². The Morgan fingerprint density at radius 2 is 1.69 bits per heavy atom. The molecule has 0 saturated heterocycles. The second kappa shape index (κ2) is 8.62. The van der Waals surface area contributed by atoms with Crippen LogP contribution in [0.2, 0.25) is 0 Å². The van der Waals surface area contributed by atoms with Crippen LogP contribution < -0.4 is 14.8 Å². The minimum absolute atomic E-state index is 0.0600. The van der Waals surface area contributed by atoms with Crippen molar-refractivity contribution in [3.63, 3.8) is 0 Å². The van der Waals surface area contributed by atoms with Crippen LogP contribution in [0.3, 0.4) is 0 Å². The van der Waals surface area contributed by atoms with Gasteiger partial charge in [0, 0.05) is 18.2 Å². The molecule has 1 aliphatic carbocycles. The molecule has 0 aromatic heterocycles. The van der Waals surface area contributed by atoms with Crippen molar-refractivity contribution in [3.05, 3.63) is 59.2 Å². The van der Waals surface area contributed by atoms with E-state index in [1.807, 2.05) is 0 Å². The number of benzene rings is 2. The fourth-order valence-electron chi connectivity index (χ4n) is 2.67. The van der Waals surface area contributed by atoms with Gasteiger partial charge in [0.1, 0.15) is 10.6 Å². The molecule has 8 nitrogen and oxygen atoms in total. The van der Waals surface area contributed by atoms with Crippen molar-refractivity contribution < 1.29 is 27.5 Å². The quantitative estimate of drug-likeness (QED) is 0.633. The van der Waals surface area contributed by atoms with E-state index >= 15 is 0 Å². The fraction of sp³-hybridized carbons (Fsp3) is 0.300. The number of ether oxygens (including phenoxy) is 2. The lowest BCUT2D eigenvalue weighted by Gasteiger charge is -2.12. The third-order valence-electron chi connectivity index (χ3n) is 4.44. The molecule has 3 rings (SSSR count). The highest BCUT2D eigenvalue weighted by Crippen LogP contribution is 2.28. The smallest absolute Gasteiger partial charge is 0.337 e. The molecule has 1 amide bonds. The van der Waals surface area contributed by atoms with Crippen LogP contribution in [0.25, 0.3) is 0 Å². The highest BCUT2D eigenvalue weighted by Gasteiger charge is 2.30. The Labute approximate surface area is 169 Å². The van der Waals surface area contributed by atoms with E-state index in [0.29, 0.717) is 5.56 Å². The number of rotatable bonds is 8. The molecule has 1 fully saturated rings. The van der Waals surface area contributed by atoms with Crippen LogP contribution >= 0.6 is 0 Å². The highest BCUT2D eigenvalue weighted by atomic mass is 32.2. The molecule has 0 bridgehead atoms. The van der Waals surface area contributed by atoms with E-state index in [-0.39, 0.29) is 28.8 Å². The van der Waals surface area contributed by atoms with Gasteiger partial charge in [-0.1, -0.05) is 12.1 Å². The van der Waals surface area contributed by atoms with Crippen LogP contribution in [0.5, 0.6) is 5.75 Å². The van der Waals surface area contributed by atoms with Crippen molar-refractivity contribution in [3.8, 4) is 5.75 Å². The summed E-state index contributed by atoms with van der Waals surface area (Å²) in [7, 11) is -1.09. The molecule has 0 heterocycles. The van der Waals surface area contributed by atoms with Gasteiger partial charge < -0.3 is 14.8 Å². The van der Waals surface area contributed by atoms with Gasteiger partial charge in [-0.25, -0.2) is 17.9 Å². The minimum atomic E-state index is -3.78. The van der Waals surface area contributed by atoms with E-state index in [0.717, 1.165) is 18.4 Å². The molecule has 2 N–H and O–H groups in total. The Morgan fingerprint density at radius 1 is 1.03 bits per heavy atom. The molecule has 0 spiro atoms. The Balaban J connectivity index is 1.72. The summed E-state index contributed by atoms with van der Waals surface area (Å²) in [5.74, 6) is -0.687. The number of amides is 1. The molecule has 154 valence electrons. The van der Waals surface area contributed by atoms with Gasteiger partial charge in [-0.15, -0.1) is 0 Å². The molecular formula is C20H22N2O6S. The third-order valence-corrected chi connectivity index (χ3v) is 5.98. The van der Waals surface area contributed by atoms with Crippen molar-refractivity contribution in [2.24, 2.45) is 0 Å². The molecule has 0 radical (unpaired) electrons. The minimum Gasteiger partial charge on any atom is -0.495 e. The van der Waals surface area contributed by atoms with Crippen LogP contribution in [0.15, 0.2) is 47.4 Å². The van der Waals surface area contributed by atoms with E-state index in [1.54, 1.807) is 24.3 Å². The van der Waals surface area contributed by atoms with Crippen LogP contribution in [0.1, 0.15) is 39.1 Å². The standard InChI is InChI=1S/C20H22N2O6S/c1-27-17-10-7-15(11-18(17)29(25,26)22-16-8-9-16)19(23)21-12-13-3-5-14(6-4-13)20(24)28-2/h3-7,10-11,16,22H,8-9,12H2,1-2H3,(H,21,23). The lowest BCUT2D eigenvalue weighted by atomic mass is 10.1. The summed E-state index contributed by atoms with van der Waals surface area (Å²) < 4.78 is 37.5. The van der Waals surface area contributed by atoms with Crippen LogP contribution in [0, 0.1) is 0 Å². The zero-order chi connectivity index (χ0) is 21.0. The lowest BCUT2D eigenvalue weighted by molar-refractivity contribution is 0.0600. The van der Waals surface area contributed by atoms with Gasteiger partial charge >= 0.3 is 5.97 Å². The van der Waals surface area contributed by atoms with Gasteiger partial charge in [-0.2, -0.15) is 0 Å². The zero-order valence-electron chi connectivity index (χ0n) is 16.1. The molecular weight excluding hydrogens is 396 g/mol. The number of hydrogen-bond donors (Lipinski definition) is 2. The fourth-order valence-corrected chi connectivity index (χ4v) is 4.17. The lowest BCUT2D eigenvalue weighted by Crippen LogP contribution is -2.27. The predicted octanol–water partition coefficient (Wildman–Crippen LogP) is 1.85. The normalized spacial score (nSPS) is 13.6. The summed E-state index contributed by atoms with van der Waals surface area (Å²) in [6, 6.07) is 10.8. The maximum atomic E-state index is 12.6. The van der Waals surface area contributed by atoms with Gasteiger partial charge in [0.15, 0.2) is 0 Å². The summed E-state index contributed by atoms with van der Waals surface area (Å²) in [5, 5.41) is 2.74. The van der Waals surface area contributed by atoms with Gasteiger partial charge in [-0.3, -0.25) is 4.79 Å². The van der Waals surface area contributed by atoms with Gasteiger partial charge in [0.2, 0.25) is 10.0 Å². The van der Waals surface area contributed by atoms with Gasteiger partial charge in [-0.05, 0) is 48.7 Å². The van der Waals surface area contributed by atoms with Crippen molar-refractivity contribution in [2.45, 2.75) is 30.3 Å². The number of esters is 1. The first-order valence-corrected chi connectivity index (χ1v) is 10.5. The molecule has 2 aromatic rings. The Morgan fingerprint density at radius 3 is 2.28 bits per heavy atom. The van der Waals surface area contributed by atoms with E-state index in [1.165, 1.54) is 32.4 Å². The van der Waals surface area contributed by atoms with E-state index < -0.39 is 21.9 Å². The van der Waals surface area contributed by atoms with Crippen molar-refractivity contribution in [1.29, 1.82) is 0 Å². The second-order valence-electron chi connectivity index (χ2n) is 6.63. The summed E-state index contributed by atoms with van der Waals surface area (Å²) in [6.07, 6.45) is 1.60. The molecule has 9 heteroatoms. The molecule has 0 aliphatic heterocycles. The SMILES string of the molecule is COC(=O)c1ccc(CNC(=O)c2ccc(OC)c(S(=O)(=O)NC3CC3)c2)cc1. The predicted molar refractivity (Wildman–Crippen MR) is 105 cm³/mol. The zero-order valence-corrected chi connectivity index (χ0v) is 16.9. The van der Waals surface area contributed by atoms with Crippen LogP contribution in [-0.2, 0) is 21.3 Å². The first kappa shape index (κ1) is 20.8. The molecule has 0 atom stereocenters. The number of sulfonamides is 1. The first-order valence-electron chi connectivity index (χ1n) is 9.00. The summed E-state index contributed by atoms with van der Waals surface area (Å²) in [6.45, 7) is 0.217. The average molecular weight is 418 g/mol.